The van der Waals surface area contributed by atoms with E-state index in [1.807, 2.05) is 71.7 Å². The first-order valence-corrected chi connectivity index (χ1v) is 9.13. The quantitative estimate of drug-likeness (QED) is 0.724. The minimum Gasteiger partial charge on any atom is -0.328 e. The molecule has 0 saturated heterocycles. The maximum Gasteiger partial charge on any atom is 0.264 e. The summed E-state index contributed by atoms with van der Waals surface area (Å²) in [5.41, 5.74) is 4.36. The number of amides is 1. The number of para-hydroxylation sites is 1. The van der Waals surface area contributed by atoms with Crippen LogP contribution in [-0.2, 0) is 19.6 Å². The molecule has 6 heteroatoms. The van der Waals surface area contributed by atoms with Gasteiger partial charge in [0.05, 0.1) is 29.0 Å². The highest BCUT2D eigenvalue weighted by Crippen LogP contribution is 2.28. The number of benzene rings is 1. The monoisotopic (exact) mass is 352 g/mol. The van der Waals surface area contributed by atoms with E-state index in [1.165, 1.54) is 11.3 Å². The van der Waals surface area contributed by atoms with Crippen LogP contribution in [0.3, 0.4) is 0 Å². The number of fused-ring (bicyclic) bond motifs is 1. The lowest BCUT2D eigenvalue weighted by Gasteiger charge is -2.17. The number of carbonyl (C=O) groups excluding carboxylic acids is 1. The molecule has 0 N–H and O–H groups in total. The van der Waals surface area contributed by atoms with Gasteiger partial charge in [0.1, 0.15) is 0 Å². The fourth-order valence-electron chi connectivity index (χ4n) is 3.22. The minimum atomic E-state index is 0.114. The van der Waals surface area contributed by atoms with E-state index >= 15 is 0 Å². The molecule has 1 aliphatic rings. The first-order chi connectivity index (χ1) is 12.1. The van der Waals surface area contributed by atoms with Crippen LogP contribution in [0.15, 0.2) is 48.0 Å². The molecule has 3 aromatic rings. The Bertz CT molecular complexity index is 897. The summed E-state index contributed by atoms with van der Waals surface area (Å²) in [6, 6.07) is 12.1. The van der Waals surface area contributed by atoms with Gasteiger partial charge in [0, 0.05) is 18.7 Å². The Morgan fingerprint density at radius 1 is 1.20 bits per heavy atom. The van der Waals surface area contributed by atoms with Gasteiger partial charge in [0.25, 0.3) is 5.91 Å². The predicted octanol–water partition coefficient (Wildman–Crippen LogP) is 3.15. The fourth-order valence-corrected chi connectivity index (χ4v) is 4.10. The molecule has 1 amide bonds. The zero-order valence-corrected chi connectivity index (χ0v) is 15.2. The van der Waals surface area contributed by atoms with Gasteiger partial charge in [0.15, 0.2) is 0 Å². The summed E-state index contributed by atoms with van der Waals surface area (Å²) < 4.78 is 1.94. The molecule has 1 aliphatic heterocycles. The Hall–Kier alpha value is -2.44. The predicted molar refractivity (Wildman–Crippen MR) is 98.9 cm³/mol. The van der Waals surface area contributed by atoms with Gasteiger partial charge >= 0.3 is 0 Å². The van der Waals surface area contributed by atoms with Gasteiger partial charge in [-0.1, -0.05) is 18.2 Å². The van der Waals surface area contributed by atoms with E-state index < -0.39 is 0 Å². The molecule has 5 nitrogen and oxygen atoms in total. The second-order valence-electron chi connectivity index (χ2n) is 6.54. The Labute approximate surface area is 151 Å². The summed E-state index contributed by atoms with van der Waals surface area (Å²) in [5.74, 6) is 0.114. The molecular weight excluding hydrogens is 332 g/mol. The van der Waals surface area contributed by atoms with Crippen molar-refractivity contribution in [2.45, 2.75) is 19.6 Å². The van der Waals surface area contributed by atoms with E-state index in [0.29, 0.717) is 13.1 Å². The maximum absolute atomic E-state index is 13.0. The summed E-state index contributed by atoms with van der Waals surface area (Å²) >= 11 is 1.53. The minimum absolute atomic E-state index is 0.114. The first kappa shape index (κ1) is 16.1. The standard InChI is InChI=1S/C19H20N4OS/c1-21(2)11-14-8-9-25-18(14)19(24)22-12-15-10-20-23(17(15)13-22)16-6-4-3-5-7-16/h3-10H,11-13H2,1-2H3. The first-order valence-electron chi connectivity index (χ1n) is 8.25. The second-order valence-corrected chi connectivity index (χ2v) is 7.45. The number of thiophene rings is 1. The molecule has 0 radical (unpaired) electrons. The lowest BCUT2D eigenvalue weighted by Crippen LogP contribution is -2.27. The van der Waals surface area contributed by atoms with E-state index in [9.17, 15) is 4.79 Å². The van der Waals surface area contributed by atoms with Crippen molar-refractivity contribution < 1.29 is 4.79 Å². The lowest BCUT2D eigenvalue weighted by molar-refractivity contribution is 0.0752. The third-order valence-electron chi connectivity index (χ3n) is 4.37. The topological polar surface area (TPSA) is 41.4 Å². The van der Waals surface area contributed by atoms with Crippen LogP contribution in [0, 0.1) is 0 Å². The van der Waals surface area contributed by atoms with E-state index in [4.69, 9.17) is 0 Å². The third kappa shape index (κ3) is 2.99. The Kier molecular flexibility index (Phi) is 4.15. The van der Waals surface area contributed by atoms with Crippen LogP contribution >= 0.6 is 11.3 Å². The van der Waals surface area contributed by atoms with E-state index in [2.05, 4.69) is 10.00 Å². The zero-order valence-electron chi connectivity index (χ0n) is 14.3. The molecule has 0 bridgehead atoms. The number of nitrogens with zero attached hydrogens (tertiary/aromatic N) is 4. The molecule has 0 saturated carbocycles. The Balaban J connectivity index is 1.57. The van der Waals surface area contributed by atoms with Gasteiger partial charge in [-0.3, -0.25) is 4.79 Å². The summed E-state index contributed by atoms with van der Waals surface area (Å²) in [6.45, 7) is 2.01. The molecule has 2 aromatic heterocycles. The van der Waals surface area contributed by atoms with Gasteiger partial charge < -0.3 is 9.80 Å². The summed E-state index contributed by atoms with van der Waals surface area (Å²) in [6.07, 6.45) is 1.88. The Morgan fingerprint density at radius 2 is 2.00 bits per heavy atom. The van der Waals surface area contributed by atoms with Gasteiger partial charge in [-0.25, -0.2) is 4.68 Å². The normalized spacial score (nSPS) is 13.5. The molecule has 128 valence electrons. The van der Waals surface area contributed by atoms with Gasteiger partial charge in [0.2, 0.25) is 0 Å². The molecule has 0 fully saturated rings. The molecule has 1 aromatic carbocycles. The van der Waals surface area contributed by atoms with Crippen LogP contribution in [0.5, 0.6) is 0 Å². The summed E-state index contributed by atoms with van der Waals surface area (Å²) in [5, 5.41) is 6.50. The average molecular weight is 352 g/mol. The van der Waals surface area contributed by atoms with E-state index in [-0.39, 0.29) is 5.91 Å². The number of hydrogen-bond acceptors (Lipinski definition) is 4. The highest BCUT2D eigenvalue weighted by molar-refractivity contribution is 7.12. The molecule has 0 aliphatic carbocycles. The lowest BCUT2D eigenvalue weighted by atomic mass is 10.2. The molecule has 0 spiro atoms. The number of hydrogen-bond donors (Lipinski definition) is 0. The highest BCUT2D eigenvalue weighted by atomic mass is 32.1. The van der Waals surface area contributed by atoms with Crippen molar-refractivity contribution in [1.29, 1.82) is 0 Å². The van der Waals surface area contributed by atoms with E-state index in [0.717, 1.165) is 33.9 Å². The van der Waals surface area contributed by atoms with Crippen molar-refractivity contribution in [3.05, 3.63) is 69.7 Å². The Morgan fingerprint density at radius 3 is 2.76 bits per heavy atom. The third-order valence-corrected chi connectivity index (χ3v) is 5.32. The number of carbonyl (C=O) groups is 1. The molecule has 25 heavy (non-hydrogen) atoms. The average Bonchev–Trinajstić information content (AvgIpc) is 3.29. The van der Waals surface area contributed by atoms with Crippen LogP contribution in [0.25, 0.3) is 5.69 Å². The van der Waals surface area contributed by atoms with Crippen molar-refractivity contribution in [2.24, 2.45) is 0 Å². The van der Waals surface area contributed by atoms with Crippen LogP contribution in [0.2, 0.25) is 0 Å². The molecular formula is C19H20N4OS. The second kappa shape index (κ2) is 6.46. The van der Waals surface area contributed by atoms with Crippen molar-refractivity contribution in [3.63, 3.8) is 0 Å². The molecule has 0 unspecified atom stereocenters. The maximum atomic E-state index is 13.0. The number of aromatic nitrogens is 2. The van der Waals surface area contributed by atoms with Gasteiger partial charge in [-0.2, -0.15) is 5.10 Å². The van der Waals surface area contributed by atoms with Gasteiger partial charge in [-0.05, 0) is 43.2 Å². The van der Waals surface area contributed by atoms with Crippen LogP contribution < -0.4 is 0 Å². The summed E-state index contributed by atoms with van der Waals surface area (Å²) in [7, 11) is 4.04. The summed E-state index contributed by atoms with van der Waals surface area (Å²) in [4.78, 5) is 17.9. The van der Waals surface area contributed by atoms with Crippen molar-refractivity contribution in [1.82, 2.24) is 19.6 Å². The highest BCUT2D eigenvalue weighted by Gasteiger charge is 2.29. The molecule has 3 heterocycles. The molecule has 0 atom stereocenters. The van der Waals surface area contributed by atoms with Crippen LogP contribution in [0.4, 0.5) is 0 Å². The van der Waals surface area contributed by atoms with E-state index in [1.54, 1.807) is 0 Å². The van der Waals surface area contributed by atoms with Gasteiger partial charge in [-0.15, -0.1) is 11.3 Å². The van der Waals surface area contributed by atoms with Crippen molar-refractivity contribution in [2.75, 3.05) is 14.1 Å². The fraction of sp³-hybridized carbons (Fsp3) is 0.263. The van der Waals surface area contributed by atoms with Crippen LogP contribution in [0.1, 0.15) is 26.5 Å². The van der Waals surface area contributed by atoms with Crippen LogP contribution in [-0.4, -0.2) is 39.6 Å². The SMILES string of the molecule is CN(C)Cc1ccsc1C(=O)N1Cc2cnn(-c3ccccc3)c2C1. The zero-order chi connectivity index (χ0) is 17.4. The molecule has 4 rings (SSSR count). The van der Waals surface area contributed by atoms with Crippen molar-refractivity contribution >= 4 is 17.2 Å². The van der Waals surface area contributed by atoms with Crippen molar-refractivity contribution in [3.8, 4) is 5.69 Å². The largest absolute Gasteiger partial charge is 0.328 e. The number of rotatable bonds is 4. The smallest absolute Gasteiger partial charge is 0.264 e.